The van der Waals surface area contributed by atoms with Gasteiger partial charge in [-0.25, -0.2) is 0 Å². The average molecular weight is 201 g/mol. The zero-order chi connectivity index (χ0) is 10.4. The van der Waals surface area contributed by atoms with E-state index < -0.39 is 11.9 Å². The van der Waals surface area contributed by atoms with E-state index in [1.165, 1.54) is 0 Å². The second kappa shape index (κ2) is 5.95. The monoisotopic (exact) mass is 201 g/mol. The zero-order valence-corrected chi connectivity index (χ0v) is 8.37. The summed E-state index contributed by atoms with van der Waals surface area (Å²) < 4.78 is 5.25. The van der Waals surface area contributed by atoms with Gasteiger partial charge in [0.15, 0.2) is 0 Å². The molecule has 5 heteroatoms. The summed E-state index contributed by atoms with van der Waals surface area (Å²) in [7, 11) is 0. The molecule has 1 saturated heterocycles. The van der Waals surface area contributed by atoms with Gasteiger partial charge in [0.2, 0.25) is 5.91 Å². The third-order valence-electron chi connectivity index (χ3n) is 2.48. The number of carbonyl (C=O) groups excluding carboxylic acids is 1. The van der Waals surface area contributed by atoms with Gasteiger partial charge in [-0.15, -0.1) is 0 Å². The molecule has 2 atom stereocenters. The Morgan fingerprint density at radius 2 is 2.43 bits per heavy atom. The highest BCUT2D eigenvalue weighted by Gasteiger charge is 2.15. The Morgan fingerprint density at radius 1 is 1.64 bits per heavy atom. The molecule has 0 saturated carbocycles. The van der Waals surface area contributed by atoms with Crippen molar-refractivity contribution in [1.82, 2.24) is 5.32 Å². The molecule has 1 fully saturated rings. The molecule has 1 heterocycles. The molecule has 1 amide bonds. The van der Waals surface area contributed by atoms with Crippen LogP contribution in [0.5, 0.6) is 0 Å². The van der Waals surface area contributed by atoms with Crippen LogP contribution in [0.2, 0.25) is 0 Å². The molecule has 1 aliphatic heterocycles. The Kier molecular flexibility index (Phi) is 4.86. The third-order valence-corrected chi connectivity index (χ3v) is 2.48. The van der Waals surface area contributed by atoms with Gasteiger partial charge in [-0.3, -0.25) is 4.79 Å². The molecule has 0 radical (unpaired) electrons. The summed E-state index contributed by atoms with van der Waals surface area (Å²) in [5.74, 6) is 0.203. The second-order valence-electron chi connectivity index (χ2n) is 3.73. The lowest BCUT2D eigenvalue weighted by atomic mass is 10.1. The number of primary amides is 1. The van der Waals surface area contributed by atoms with Gasteiger partial charge in [-0.05, 0) is 25.3 Å². The van der Waals surface area contributed by atoms with Gasteiger partial charge in [0.05, 0.1) is 6.04 Å². The van der Waals surface area contributed by atoms with Gasteiger partial charge in [0.25, 0.3) is 0 Å². The Hall–Kier alpha value is -0.650. The van der Waals surface area contributed by atoms with Crippen LogP contribution in [0, 0.1) is 5.92 Å². The van der Waals surface area contributed by atoms with E-state index in [1.54, 1.807) is 0 Å². The van der Waals surface area contributed by atoms with Crippen molar-refractivity contribution in [3.63, 3.8) is 0 Å². The first-order chi connectivity index (χ1) is 6.70. The maximum atomic E-state index is 10.6. The highest BCUT2D eigenvalue weighted by molar-refractivity contribution is 5.79. The summed E-state index contributed by atoms with van der Waals surface area (Å²) in [6.07, 6.45) is 2.22. The number of nitrogens with two attached hydrogens (primary N) is 2. The Morgan fingerprint density at radius 3 is 3.00 bits per heavy atom. The van der Waals surface area contributed by atoms with E-state index in [0.29, 0.717) is 12.5 Å². The number of ether oxygens (including phenoxy) is 1. The molecular weight excluding hydrogens is 182 g/mol. The van der Waals surface area contributed by atoms with Crippen LogP contribution in [0.1, 0.15) is 12.8 Å². The number of hydrogen-bond acceptors (Lipinski definition) is 4. The topological polar surface area (TPSA) is 90.4 Å². The van der Waals surface area contributed by atoms with Crippen molar-refractivity contribution in [2.75, 3.05) is 26.3 Å². The van der Waals surface area contributed by atoms with Crippen molar-refractivity contribution in [1.29, 1.82) is 0 Å². The van der Waals surface area contributed by atoms with E-state index in [2.05, 4.69) is 5.32 Å². The van der Waals surface area contributed by atoms with Crippen LogP contribution in [0.3, 0.4) is 0 Å². The maximum Gasteiger partial charge on any atom is 0.235 e. The lowest BCUT2D eigenvalue weighted by Gasteiger charge is -2.11. The molecule has 1 aliphatic rings. The third kappa shape index (κ3) is 4.04. The second-order valence-corrected chi connectivity index (χ2v) is 3.73. The number of amides is 1. The van der Waals surface area contributed by atoms with E-state index in [-0.39, 0.29) is 0 Å². The van der Waals surface area contributed by atoms with Gasteiger partial charge < -0.3 is 21.5 Å². The standard InChI is InChI=1S/C9H19N3O2/c10-8(9(11)13)5-12-3-1-7-2-4-14-6-7/h7-8,12H,1-6,10H2,(H2,11,13). The van der Waals surface area contributed by atoms with Crippen molar-refractivity contribution < 1.29 is 9.53 Å². The average Bonchev–Trinajstić information content (AvgIpc) is 2.64. The van der Waals surface area contributed by atoms with Crippen LogP contribution in [0.25, 0.3) is 0 Å². The fourth-order valence-electron chi connectivity index (χ4n) is 1.48. The molecule has 0 bridgehead atoms. The van der Waals surface area contributed by atoms with Gasteiger partial charge in [-0.2, -0.15) is 0 Å². The molecule has 0 aromatic carbocycles. The van der Waals surface area contributed by atoms with Crippen LogP contribution in [-0.4, -0.2) is 38.3 Å². The first kappa shape index (κ1) is 11.4. The zero-order valence-electron chi connectivity index (χ0n) is 8.37. The van der Waals surface area contributed by atoms with Crippen LogP contribution < -0.4 is 16.8 Å². The van der Waals surface area contributed by atoms with Crippen LogP contribution in [0.4, 0.5) is 0 Å². The van der Waals surface area contributed by atoms with E-state index in [0.717, 1.165) is 32.6 Å². The van der Waals surface area contributed by atoms with Crippen LogP contribution in [-0.2, 0) is 9.53 Å². The Bertz CT molecular complexity index is 181. The minimum absolute atomic E-state index is 0.457. The van der Waals surface area contributed by atoms with Crippen LogP contribution >= 0.6 is 0 Å². The molecule has 1 rings (SSSR count). The maximum absolute atomic E-state index is 10.6. The van der Waals surface area contributed by atoms with Gasteiger partial charge in [-0.1, -0.05) is 0 Å². The SMILES string of the molecule is NC(=O)C(N)CNCCC1CCOC1. The molecule has 0 aromatic heterocycles. The lowest BCUT2D eigenvalue weighted by Crippen LogP contribution is -2.44. The van der Waals surface area contributed by atoms with Crippen molar-refractivity contribution in [3.05, 3.63) is 0 Å². The van der Waals surface area contributed by atoms with Crippen molar-refractivity contribution in [2.24, 2.45) is 17.4 Å². The summed E-state index contributed by atoms with van der Waals surface area (Å²) >= 11 is 0. The van der Waals surface area contributed by atoms with Gasteiger partial charge in [0, 0.05) is 19.8 Å². The Labute approximate surface area is 84.2 Å². The van der Waals surface area contributed by atoms with Crippen molar-refractivity contribution >= 4 is 5.91 Å². The Balaban J connectivity index is 1.95. The first-order valence-electron chi connectivity index (χ1n) is 5.03. The van der Waals surface area contributed by atoms with E-state index in [1.807, 2.05) is 0 Å². The molecule has 0 spiro atoms. The van der Waals surface area contributed by atoms with Crippen molar-refractivity contribution in [2.45, 2.75) is 18.9 Å². The fourth-order valence-corrected chi connectivity index (χ4v) is 1.48. The number of hydrogen-bond donors (Lipinski definition) is 3. The molecule has 0 aliphatic carbocycles. The quantitative estimate of drug-likeness (QED) is 0.472. The van der Waals surface area contributed by atoms with E-state index in [4.69, 9.17) is 16.2 Å². The number of nitrogens with one attached hydrogen (secondary N) is 1. The summed E-state index contributed by atoms with van der Waals surface area (Å²) in [6, 6.07) is -0.574. The smallest absolute Gasteiger partial charge is 0.235 e. The number of rotatable bonds is 6. The van der Waals surface area contributed by atoms with Crippen molar-refractivity contribution in [3.8, 4) is 0 Å². The minimum Gasteiger partial charge on any atom is -0.381 e. The minimum atomic E-state index is -0.574. The molecule has 14 heavy (non-hydrogen) atoms. The largest absolute Gasteiger partial charge is 0.381 e. The normalized spacial score (nSPS) is 23.6. The molecule has 5 N–H and O–H groups in total. The highest BCUT2D eigenvalue weighted by Crippen LogP contribution is 2.14. The molecule has 5 nitrogen and oxygen atoms in total. The summed E-state index contributed by atoms with van der Waals surface area (Å²) in [4.78, 5) is 10.6. The summed E-state index contributed by atoms with van der Waals surface area (Å²) in [5.41, 5.74) is 10.5. The molecule has 2 unspecified atom stereocenters. The summed E-state index contributed by atoms with van der Waals surface area (Å²) in [6.45, 7) is 3.08. The van der Waals surface area contributed by atoms with Gasteiger partial charge >= 0.3 is 0 Å². The van der Waals surface area contributed by atoms with E-state index >= 15 is 0 Å². The van der Waals surface area contributed by atoms with Crippen LogP contribution in [0.15, 0.2) is 0 Å². The fraction of sp³-hybridized carbons (Fsp3) is 0.889. The van der Waals surface area contributed by atoms with Gasteiger partial charge in [0.1, 0.15) is 0 Å². The summed E-state index contributed by atoms with van der Waals surface area (Å²) in [5, 5.41) is 3.11. The predicted molar refractivity (Wildman–Crippen MR) is 53.6 cm³/mol. The molecule has 0 aromatic rings. The molecule has 82 valence electrons. The highest BCUT2D eigenvalue weighted by atomic mass is 16.5. The molecular formula is C9H19N3O2. The van der Waals surface area contributed by atoms with E-state index in [9.17, 15) is 4.79 Å². The lowest BCUT2D eigenvalue weighted by molar-refractivity contribution is -0.119. The number of carbonyl (C=O) groups is 1. The predicted octanol–water partition coefficient (Wildman–Crippen LogP) is -1.18. The first-order valence-corrected chi connectivity index (χ1v) is 5.03.